The van der Waals surface area contributed by atoms with Gasteiger partial charge in [0.1, 0.15) is 0 Å². The third-order valence-electron chi connectivity index (χ3n) is 2.46. The number of carbonyl (C=O) groups excluding carboxylic acids is 1. The lowest BCUT2D eigenvalue weighted by molar-refractivity contribution is -0.383. The summed E-state index contributed by atoms with van der Waals surface area (Å²) >= 11 is 0. The molecule has 0 amide bonds. The van der Waals surface area contributed by atoms with Crippen LogP contribution in [0.1, 0.15) is 10.4 Å². The SMILES string of the molecule is COC(=O)c1cc([N+](=O)[O-])c2cnn(C)c2c1. The molecule has 0 saturated carbocycles. The van der Waals surface area contributed by atoms with Crippen molar-refractivity contribution >= 4 is 22.6 Å². The molecule has 17 heavy (non-hydrogen) atoms. The lowest BCUT2D eigenvalue weighted by Gasteiger charge is -2.01. The number of nitro benzene ring substituents is 1. The summed E-state index contributed by atoms with van der Waals surface area (Å²) in [5.74, 6) is -0.615. The molecule has 0 spiro atoms. The Labute approximate surface area is 95.7 Å². The molecule has 0 atom stereocenters. The molecule has 0 unspecified atom stereocenters. The van der Waals surface area contributed by atoms with E-state index in [1.165, 1.54) is 30.1 Å². The number of hydrogen-bond acceptors (Lipinski definition) is 5. The molecule has 0 aliphatic carbocycles. The van der Waals surface area contributed by atoms with Gasteiger partial charge in [0.05, 0.1) is 34.7 Å². The molecule has 7 heteroatoms. The second-order valence-corrected chi connectivity index (χ2v) is 3.45. The Morgan fingerprint density at radius 1 is 1.53 bits per heavy atom. The van der Waals surface area contributed by atoms with E-state index in [0.29, 0.717) is 10.9 Å². The van der Waals surface area contributed by atoms with Crippen molar-refractivity contribution in [2.75, 3.05) is 7.11 Å². The normalized spacial score (nSPS) is 10.5. The molecule has 1 aromatic heterocycles. The fourth-order valence-electron chi connectivity index (χ4n) is 1.62. The van der Waals surface area contributed by atoms with Gasteiger partial charge in [0.15, 0.2) is 0 Å². The minimum absolute atomic E-state index is 0.135. The van der Waals surface area contributed by atoms with Crippen molar-refractivity contribution in [1.82, 2.24) is 9.78 Å². The minimum atomic E-state index is -0.615. The number of non-ortho nitro benzene ring substituents is 1. The van der Waals surface area contributed by atoms with E-state index in [9.17, 15) is 14.9 Å². The van der Waals surface area contributed by atoms with Crippen molar-refractivity contribution in [3.05, 3.63) is 34.0 Å². The predicted octanol–water partition coefficient (Wildman–Crippen LogP) is 1.27. The van der Waals surface area contributed by atoms with Crippen LogP contribution in [0.15, 0.2) is 18.3 Å². The van der Waals surface area contributed by atoms with Crippen LogP contribution in [0.4, 0.5) is 5.69 Å². The van der Waals surface area contributed by atoms with Crippen LogP contribution in [-0.4, -0.2) is 27.8 Å². The highest BCUT2D eigenvalue weighted by atomic mass is 16.6. The summed E-state index contributed by atoms with van der Waals surface area (Å²) in [5, 5.41) is 15.2. The van der Waals surface area contributed by atoms with Gasteiger partial charge in [-0.15, -0.1) is 0 Å². The Kier molecular flexibility index (Phi) is 2.51. The highest BCUT2D eigenvalue weighted by Gasteiger charge is 2.19. The van der Waals surface area contributed by atoms with Crippen molar-refractivity contribution in [3.63, 3.8) is 0 Å². The van der Waals surface area contributed by atoms with E-state index in [4.69, 9.17) is 0 Å². The molecule has 0 fully saturated rings. The number of benzene rings is 1. The number of ether oxygens (including phenoxy) is 1. The number of aryl methyl sites for hydroxylation is 1. The number of carbonyl (C=O) groups is 1. The van der Waals surface area contributed by atoms with E-state index in [2.05, 4.69) is 9.84 Å². The maximum absolute atomic E-state index is 11.4. The van der Waals surface area contributed by atoms with E-state index >= 15 is 0 Å². The fourth-order valence-corrected chi connectivity index (χ4v) is 1.62. The van der Waals surface area contributed by atoms with Gasteiger partial charge < -0.3 is 4.74 Å². The average molecular weight is 235 g/mol. The molecule has 2 rings (SSSR count). The average Bonchev–Trinajstić information content (AvgIpc) is 2.69. The van der Waals surface area contributed by atoms with Crippen LogP contribution in [0, 0.1) is 10.1 Å². The van der Waals surface area contributed by atoms with E-state index in [1.807, 2.05) is 0 Å². The molecule has 1 heterocycles. The number of hydrogen-bond donors (Lipinski definition) is 0. The summed E-state index contributed by atoms with van der Waals surface area (Å²) in [6.07, 6.45) is 1.40. The summed E-state index contributed by atoms with van der Waals surface area (Å²) in [6.45, 7) is 0. The van der Waals surface area contributed by atoms with Gasteiger partial charge in [-0.1, -0.05) is 0 Å². The monoisotopic (exact) mass is 235 g/mol. The fraction of sp³-hybridized carbons (Fsp3) is 0.200. The standard InChI is InChI=1S/C10H9N3O4/c1-12-8-3-6(10(14)17-2)4-9(13(15)16)7(8)5-11-12/h3-5H,1-2H3. The first-order valence-corrected chi connectivity index (χ1v) is 4.73. The first kappa shape index (κ1) is 11.1. The second-order valence-electron chi connectivity index (χ2n) is 3.45. The van der Waals surface area contributed by atoms with E-state index in [-0.39, 0.29) is 11.3 Å². The summed E-state index contributed by atoms with van der Waals surface area (Å²) in [5.41, 5.74) is 0.492. The molecule has 0 saturated heterocycles. The number of esters is 1. The van der Waals surface area contributed by atoms with E-state index in [1.54, 1.807) is 7.05 Å². The van der Waals surface area contributed by atoms with Crippen LogP contribution in [-0.2, 0) is 11.8 Å². The van der Waals surface area contributed by atoms with Crippen LogP contribution in [0.5, 0.6) is 0 Å². The number of rotatable bonds is 2. The first-order chi connectivity index (χ1) is 8.04. The third kappa shape index (κ3) is 1.71. The van der Waals surface area contributed by atoms with Gasteiger partial charge in [0.25, 0.3) is 5.69 Å². The van der Waals surface area contributed by atoms with Crippen LogP contribution >= 0.6 is 0 Å². The molecule has 0 N–H and O–H groups in total. The smallest absolute Gasteiger partial charge is 0.338 e. The van der Waals surface area contributed by atoms with Crippen molar-refractivity contribution < 1.29 is 14.5 Å². The van der Waals surface area contributed by atoms with Crippen LogP contribution in [0.25, 0.3) is 10.9 Å². The largest absolute Gasteiger partial charge is 0.465 e. The zero-order valence-corrected chi connectivity index (χ0v) is 9.21. The van der Waals surface area contributed by atoms with Gasteiger partial charge in [0.2, 0.25) is 0 Å². The molecule has 0 bridgehead atoms. The molecule has 0 aliphatic rings. The minimum Gasteiger partial charge on any atom is -0.465 e. The van der Waals surface area contributed by atoms with Gasteiger partial charge in [-0.25, -0.2) is 4.79 Å². The number of nitro groups is 1. The Morgan fingerprint density at radius 3 is 2.82 bits per heavy atom. The van der Waals surface area contributed by atoms with E-state index in [0.717, 1.165) is 0 Å². The molecule has 0 radical (unpaired) electrons. The molecular formula is C10H9N3O4. The van der Waals surface area contributed by atoms with Crippen molar-refractivity contribution in [1.29, 1.82) is 0 Å². The summed E-state index contributed by atoms with van der Waals surface area (Å²) < 4.78 is 6.01. The van der Waals surface area contributed by atoms with E-state index < -0.39 is 10.9 Å². The molecule has 7 nitrogen and oxygen atoms in total. The predicted molar refractivity (Wildman–Crippen MR) is 58.7 cm³/mol. The molecular weight excluding hydrogens is 226 g/mol. The lowest BCUT2D eigenvalue weighted by Crippen LogP contribution is -2.03. The maximum Gasteiger partial charge on any atom is 0.338 e. The van der Waals surface area contributed by atoms with Gasteiger partial charge in [-0.3, -0.25) is 14.8 Å². The number of aromatic nitrogens is 2. The molecule has 0 aliphatic heterocycles. The highest BCUT2D eigenvalue weighted by molar-refractivity contribution is 5.98. The summed E-state index contributed by atoms with van der Waals surface area (Å²) in [6, 6.07) is 2.71. The van der Waals surface area contributed by atoms with Crippen molar-refractivity contribution in [3.8, 4) is 0 Å². The second kappa shape index (κ2) is 3.85. The Bertz CT molecular complexity index is 617. The zero-order chi connectivity index (χ0) is 12.6. The third-order valence-corrected chi connectivity index (χ3v) is 2.46. The quantitative estimate of drug-likeness (QED) is 0.444. The van der Waals surface area contributed by atoms with Crippen LogP contribution < -0.4 is 0 Å². The number of methoxy groups -OCH3 is 1. The molecule has 2 aromatic rings. The molecule has 1 aromatic carbocycles. The van der Waals surface area contributed by atoms with Crippen LogP contribution in [0.3, 0.4) is 0 Å². The Balaban J connectivity index is 2.78. The van der Waals surface area contributed by atoms with Gasteiger partial charge >= 0.3 is 5.97 Å². The van der Waals surface area contributed by atoms with Crippen molar-refractivity contribution in [2.45, 2.75) is 0 Å². The zero-order valence-electron chi connectivity index (χ0n) is 9.21. The van der Waals surface area contributed by atoms with Gasteiger partial charge in [-0.2, -0.15) is 5.10 Å². The van der Waals surface area contributed by atoms with Crippen LogP contribution in [0.2, 0.25) is 0 Å². The van der Waals surface area contributed by atoms with Gasteiger partial charge in [-0.05, 0) is 6.07 Å². The lowest BCUT2D eigenvalue weighted by atomic mass is 10.1. The maximum atomic E-state index is 11.4. The Hall–Kier alpha value is -2.44. The molecule has 88 valence electrons. The topological polar surface area (TPSA) is 87.3 Å². The van der Waals surface area contributed by atoms with Gasteiger partial charge in [0, 0.05) is 13.1 Å². The highest BCUT2D eigenvalue weighted by Crippen LogP contribution is 2.27. The first-order valence-electron chi connectivity index (χ1n) is 4.73. The number of fused-ring (bicyclic) bond motifs is 1. The van der Waals surface area contributed by atoms with Crippen molar-refractivity contribution in [2.24, 2.45) is 7.05 Å². The summed E-state index contributed by atoms with van der Waals surface area (Å²) in [7, 11) is 2.87. The Morgan fingerprint density at radius 2 is 2.24 bits per heavy atom. The summed E-state index contributed by atoms with van der Waals surface area (Å²) in [4.78, 5) is 21.7. The number of nitrogens with zero attached hydrogens (tertiary/aromatic N) is 3.